The first kappa shape index (κ1) is 13.3. The van der Waals surface area contributed by atoms with Gasteiger partial charge in [0.1, 0.15) is 0 Å². The molecule has 0 aliphatic carbocycles. The first-order valence-corrected chi connectivity index (χ1v) is 7.16. The van der Waals surface area contributed by atoms with Crippen molar-refractivity contribution in [1.82, 2.24) is 0 Å². The molecule has 0 radical (unpaired) electrons. The van der Waals surface area contributed by atoms with Crippen molar-refractivity contribution in [2.45, 2.75) is 24.5 Å². The molecule has 2 N–H and O–H groups in total. The van der Waals surface area contributed by atoms with Crippen LogP contribution in [0.15, 0.2) is 41.3 Å². The lowest BCUT2D eigenvalue weighted by molar-refractivity contribution is 1.33. The van der Waals surface area contributed by atoms with Crippen molar-refractivity contribution >= 4 is 29.1 Å². The van der Waals surface area contributed by atoms with Crippen LogP contribution in [0.4, 0.5) is 5.69 Å². The molecule has 0 aliphatic rings. The summed E-state index contributed by atoms with van der Waals surface area (Å²) in [7, 11) is 0. The Labute approximate surface area is 117 Å². The molecular weight excluding hydrogens is 262 g/mol. The quantitative estimate of drug-likeness (QED) is 0.642. The minimum atomic E-state index is 0.840. The van der Waals surface area contributed by atoms with Gasteiger partial charge in [0, 0.05) is 21.4 Å². The van der Waals surface area contributed by atoms with Gasteiger partial charge < -0.3 is 5.73 Å². The molecule has 18 heavy (non-hydrogen) atoms. The molecule has 0 amide bonds. The predicted octanol–water partition coefficient (Wildman–Crippen LogP) is 4.83. The summed E-state index contributed by atoms with van der Waals surface area (Å²) in [5, 5.41) is 0.842. The van der Waals surface area contributed by atoms with Gasteiger partial charge in [-0.25, -0.2) is 0 Å². The Balaban J connectivity index is 2.09. The SMILES string of the molecule is Cc1ccc(CSc2ccc(N)c(C)c2)c(Cl)c1. The molecule has 0 bridgehead atoms. The van der Waals surface area contributed by atoms with Gasteiger partial charge in [-0.2, -0.15) is 0 Å². The van der Waals surface area contributed by atoms with Gasteiger partial charge in [0.05, 0.1) is 0 Å². The topological polar surface area (TPSA) is 26.0 Å². The summed E-state index contributed by atoms with van der Waals surface area (Å²) in [5.41, 5.74) is 10.1. The molecule has 94 valence electrons. The van der Waals surface area contributed by atoms with E-state index in [0.717, 1.165) is 22.0 Å². The summed E-state index contributed by atoms with van der Waals surface area (Å²) < 4.78 is 0. The predicted molar refractivity (Wildman–Crippen MR) is 81.3 cm³/mol. The van der Waals surface area contributed by atoms with Crippen LogP contribution in [-0.4, -0.2) is 0 Å². The minimum absolute atomic E-state index is 0.840. The third kappa shape index (κ3) is 3.21. The highest BCUT2D eigenvalue weighted by Crippen LogP contribution is 2.28. The maximum Gasteiger partial charge on any atom is 0.0449 e. The Morgan fingerprint density at radius 2 is 1.89 bits per heavy atom. The average molecular weight is 278 g/mol. The van der Waals surface area contributed by atoms with Crippen LogP contribution in [0.2, 0.25) is 5.02 Å². The van der Waals surface area contributed by atoms with Crippen LogP contribution < -0.4 is 5.73 Å². The molecule has 0 heterocycles. The summed E-state index contributed by atoms with van der Waals surface area (Å²) in [4.78, 5) is 1.22. The normalized spacial score (nSPS) is 10.6. The van der Waals surface area contributed by atoms with Gasteiger partial charge in [-0.3, -0.25) is 0 Å². The summed E-state index contributed by atoms with van der Waals surface area (Å²) >= 11 is 8.00. The molecule has 2 aromatic carbocycles. The fourth-order valence-corrected chi connectivity index (χ4v) is 3.05. The smallest absolute Gasteiger partial charge is 0.0449 e. The van der Waals surface area contributed by atoms with Crippen molar-refractivity contribution in [3.8, 4) is 0 Å². The number of benzene rings is 2. The van der Waals surface area contributed by atoms with E-state index in [1.165, 1.54) is 16.0 Å². The van der Waals surface area contributed by atoms with Crippen LogP contribution in [0.1, 0.15) is 16.7 Å². The van der Waals surface area contributed by atoms with Gasteiger partial charge in [0.15, 0.2) is 0 Å². The van der Waals surface area contributed by atoms with Crippen molar-refractivity contribution in [2.75, 3.05) is 5.73 Å². The van der Waals surface area contributed by atoms with Crippen LogP contribution in [-0.2, 0) is 5.75 Å². The number of anilines is 1. The molecule has 0 aliphatic heterocycles. The van der Waals surface area contributed by atoms with Crippen LogP contribution in [0, 0.1) is 13.8 Å². The third-order valence-electron chi connectivity index (χ3n) is 2.84. The van der Waals surface area contributed by atoms with E-state index in [0.29, 0.717) is 0 Å². The lowest BCUT2D eigenvalue weighted by atomic mass is 10.2. The molecule has 3 heteroatoms. The molecule has 2 aromatic rings. The first-order chi connectivity index (χ1) is 8.56. The Kier molecular flexibility index (Phi) is 4.20. The van der Waals surface area contributed by atoms with Crippen molar-refractivity contribution in [2.24, 2.45) is 0 Å². The number of aryl methyl sites for hydroxylation is 2. The zero-order valence-electron chi connectivity index (χ0n) is 10.5. The zero-order chi connectivity index (χ0) is 13.1. The van der Waals surface area contributed by atoms with Gasteiger partial charge in [0.2, 0.25) is 0 Å². The standard InChI is InChI=1S/C15H16ClNS/c1-10-3-4-12(14(16)7-10)9-18-13-5-6-15(17)11(2)8-13/h3-8H,9,17H2,1-2H3. The summed E-state index contributed by atoms with van der Waals surface area (Å²) in [6.07, 6.45) is 0. The van der Waals surface area contributed by atoms with Crippen molar-refractivity contribution in [3.05, 3.63) is 58.1 Å². The number of hydrogen-bond donors (Lipinski definition) is 1. The van der Waals surface area contributed by atoms with E-state index in [1.54, 1.807) is 11.8 Å². The van der Waals surface area contributed by atoms with Gasteiger partial charge in [-0.05, 0) is 54.8 Å². The average Bonchev–Trinajstić information content (AvgIpc) is 2.32. The molecule has 0 aromatic heterocycles. The Bertz CT molecular complexity index is 566. The molecule has 0 atom stereocenters. The second-order valence-corrected chi connectivity index (χ2v) is 5.86. The summed E-state index contributed by atoms with van der Waals surface area (Å²) in [5.74, 6) is 0.877. The maximum atomic E-state index is 6.22. The van der Waals surface area contributed by atoms with Crippen molar-refractivity contribution in [1.29, 1.82) is 0 Å². The summed E-state index contributed by atoms with van der Waals surface area (Å²) in [6, 6.07) is 12.3. The number of rotatable bonds is 3. The number of halogens is 1. The third-order valence-corrected chi connectivity index (χ3v) is 4.24. The van der Waals surface area contributed by atoms with Gasteiger partial charge in [0.25, 0.3) is 0 Å². The molecule has 2 rings (SSSR count). The van der Waals surface area contributed by atoms with E-state index >= 15 is 0 Å². The molecule has 0 spiro atoms. The van der Waals surface area contributed by atoms with Gasteiger partial charge in [-0.15, -0.1) is 11.8 Å². The molecule has 0 saturated heterocycles. The Morgan fingerprint density at radius 3 is 2.56 bits per heavy atom. The summed E-state index contributed by atoms with van der Waals surface area (Å²) in [6.45, 7) is 4.07. The zero-order valence-corrected chi connectivity index (χ0v) is 12.1. The van der Waals surface area contributed by atoms with E-state index in [4.69, 9.17) is 17.3 Å². The van der Waals surface area contributed by atoms with Gasteiger partial charge >= 0.3 is 0 Å². The minimum Gasteiger partial charge on any atom is -0.399 e. The highest BCUT2D eigenvalue weighted by atomic mass is 35.5. The molecule has 0 unspecified atom stereocenters. The second kappa shape index (κ2) is 5.68. The van der Waals surface area contributed by atoms with E-state index in [9.17, 15) is 0 Å². The molecule has 0 saturated carbocycles. The maximum absolute atomic E-state index is 6.22. The number of thioether (sulfide) groups is 1. The van der Waals surface area contributed by atoms with Crippen molar-refractivity contribution < 1.29 is 0 Å². The highest BCUT2D eigenvalue weighted by Gasteiger charge is 2.03. The van der Waals surface area contributed by atoms with Crippen LogP contribution in [0.3, 0.4) is 0 Å². The van der Waals surface area contributed by atoms with Crippen LogP contribution in [0.25, 0.3) is 0 Å². The Morgan fingerprint density at radius 1 is 1.11 bits per heavy atom. The number of hydrogen-bond acceptors (Lipinski definition) is 2. The second-order valence-electron chi connectivity index (χ2n) is 4.40. The fraction of sp³-hybridized carbons (Fsp3) is 0.200. The fourth-order valence-electron chi connectivity index (χ4n) is 1.67. The van der Waals surface area contributed by atoms with Crippen LogP contribution in [0.5, 0.6) is 0 Å². The van der Waals surface area contributed by atoms with E-state index < -0.39 is 0 Å². The number of nitrogens with two attached hydrogens (primary N) is 1. The van der Waals surface area contributed by atoms with Gasteiger partial charge in [-0.1, -0.05) is 23.7 Å². The van der Waals surface area contributed by atoms with Crippen LogP contribution >= 0.6 is 23.4 Å². The first-order valence-electron chi connectivity index (χ1n) is 5.80. The highest BCUT2D eigenvalue weighted by molar-refractivity contribution is 7.98. The van der Waals surface area contributed by atoms with Crippen molar-refractivity contribution in [3.63, 3.8) is 0 Å². The monoisotopic (exact) mass is 277 g/mol. The van der Waals surface area contributed by atoms with E-state index in [1.807, 2.05) is 26.0 Å². The van der Waals surface area contributed by atoms with E-state index in [2.05, 4.69) is 24.3 Å². The van der Waals surface area contributed by atoms with E-state index in [-0.39, 0.29) is 0 Å². The molecule has 0 fully saturated rings. The molecule has 1 nitrogen and oxygen atoms in total. The largest absolute Gasteiger partial charge is 0.399 e. The number of nitrogen functional groups attached to an aromatic ring is 1. The lowest BCUT2D eigenvalue weighted by Gasteiger charge is -2.07. The Hall–Kier alpha value is -1.12. The molecular formula is C15H16ClNS. The lowest BCUT2D eigenvalue weighted by Crippen LogP contribution is -1.89.